The summed E-state index contributed by atoms with van der Waals surface area (Å²) in [6.07, 6.45) is 0. The SMILES string of the molecule is COC(=O)C(C)Sc1nc(N)c(C#N)c(-c2cccc(Cl)c2)c1C#N. The van der Waals surface area contributed by atoms with E-state index in [1.165, 1.54) is 7.11 Å². The first kappa shape index (κ1) is 18.6. The number of rotatable bonds is 4. The fraction of sp³-hybridized carbons (Fsp3) is 0.176. The number of carbonyl (C=O) groups excluding carboxylic acids is 1. The second kappa shape index (κ2) is 7.89. The molecule has 1 atom stereocenters. The average Bonchev–Trinajstić information content (AvgIpc) is 2.60. The topological polar surface area (TPSA) is 113 Å². The standard InChI is InChI=1S/C17H13ClN4O2S/c1-9(17(23)24-2)25-16-13(8-20)14(12(7-19)15(21)22-16)10-4-3-5-11(18)6-10/h3-6,9H,1-2H3,(H2,21,22). The first-order valence-electron chi connectivity index (χ1n) is 7.07. The van der Waals surface area contributed by atoms with Gasteiger partial charge in [-0.15, -0.1) is 0 Å². The van der Waals surface area contributed by atoms with Gasteiger partial charge in [0.1, 0.15) is 33.8 Å². The number of halogens is 1. The van der Waals surface area contributed by atoms with Gasteiger partial charge in [-0.2, -0.15) is 10.5 Å². The van der Waals surface area contributed by atoms with Crippen LogP contribution in [0.4, 0.5) is 5.82 Å². The number of methoxy groups -OCH3 is 1. The molecule has 1 unspecified atom stereocenters. The van der Waals surface area contributed by atoms with E-state index < -0.39 is 11.2 Å². The lowest BCUT2D eigenvalue weighted by atomic mass is 9.97. The Morgan fingerprint density at radius 2 is 2.04 bits per heavy atom. The Morgan fingerprint density at radius 3 is 2.60 bits per heavy atom. The van der Waals surface area contributed by atoms with Gasteiger partial charge in [-0.3, -0.25) is 4.79 Å². The summed E-state index contributed by atoms with van der Waals surface area (Å²) < 4.78 is 4.69. The molecule has 2 aromatic rings. The number of pyridine rings is 1. The minimum Gasteiger partial charge on any atom is -0.468 e. The summed E-state index contributed by atoms with van der Waals surface area (Å²) in [6.45, 7) is 1.63. The maximum Gasteiger partial charge on any atom is 0.318 e. The third-order valence-electron chi connectivity index (χ3n) is 3.35. The van der Waals surface area contributed by atoms with E-state index in [-0.39, 0.29) is 22.0 Å². The number of hydrogen-bond donors (Lipinski definition) is 1. The Balaban J connectivity index is 2.71. The molecule has 0 saturated carbocycles. The van der Waals surface area contributed by atoms with E-state index in [1.54, 1.807) is 31.2 Å². The fourth-order valence-electron chi connectivity index (χ4n) is 2.20. The highest BCUT2D eigenvalue weighted by Gasteiger charge is 2.24. The van der Waals surface area contributed by atoms with Crippen molar-refractivity contribution in [2.45, 2.75) is 17.2 Å². The van der Waals surface area contributed by atoms with Crippen molar-refractivity contribution in [1.29, 1.82) is 10.5 Å². The summed E-state index contributed by atoms with van der Waals surface area (Å²) >= 11 is 7.07. The van der Waals surface area contributed by atoms with Crippen LogP contribution in [0.5, 0.6) is 0 Å². The van der Waals surface area contributed by atoms with Crippen LogP contribution in [0.25, 0.3) is 11.1 Å². The van der Waals surface area contributed by atoms with Crippen molar-refractivity contribution in [1.82, 2.24) is 4.98 Å². The van der Waals surface area contributed by atoms with Crippen LogP contribution in [-0.2, 0) is 9.53 Å². The highest BCUT2D eigenvalue weighted by Crippen LogP contribution is 2.37. The van der Waals surface area contributed by atoms with Gasteiger partial charge in [-0.05, 0) is 24.6 Å². The van der Waals surface area contributed by atoms with Gasteiger partial charge in [0.05, 0.1) is 12.7 Å². The summed E-state index contributed by atoms with van der Waals surface area (Å²) in [5.74, 6) is -0.473. The molecule has 0 aliphatic carbocycles. The molecule has 0 saturated heterocycles. The van der Waals surface area contributed by atoms with Gasteiger partial charge in [0.15, 0.2) is 0 Å². The van der Waals surface area contributed by atoms with E-state index in [4.69, 9.17) is 22.1 Å². The maximum atomic E-state index is 11.7. The molecule has 0 amide bonds. The number of carbonyl (C=O) groups is 1. The smallest absolute Gasteiger partial charge is 0.318 e. The van der Waals surface area contributed by atoms with Crippen LogP contribution in [0, 0.1) is 22.7 Å². The Hall–Kier alpha value is -2.74. The van der Waals surface area contributed by atoms with Crippen LogP contribution >= 0.6 is 23.4 Å². The molecule has 1 aromatic heterocycles. The monoisotopic (exact) mass is 372 g/mol. The minimum absolute atomic E-state index is 0.0176. The molecule has 2 rings (SSSR count). The first-order chi connectivity index (χ1) is 11.9. The second-order valence-electron chi connectivity index (χ2n) is 4.94. The van der Waals surface area contributed by atoms with Gasteiger partial charge in [0, 0.05) is 10.6 Å². The summed E-state index contributed by atoms with van der Waals surface area (Å²) in [5, 5.41) is 19.2. The second-order valence-corrected chi connectivity index (χ2v) is 6.71. The summed E-state index contributed by atoms with van der Waals surface area (Å²) in [4.78, 5) is 15.8. The van der Waals surface area contributed by atoms with Crippen molar-refractivity contribution in [2.24, 2.45) is 0 Å². The van der Waals surface area contributed by atoms with Crippen LogP contribution in [0.15, 0.2) is 29.3 Å². The van der Waals surface area contributed by atoms with E-state index in [9.17, 15) is 15.3 Å². The lowest BCUT2D eigenvalue weighted by Gasteiger charge is -2.15. The lowest BCUT2D eigenvalue weighted by molar-refractivity contribution is -0.139. The quantitative estimate of drug-likeness (QED) is 0.646. The largest absolute Gasteiger partial charge is 0.468 e. The highest BCUT2D eigenvalue weighted by atomic mass is 35.5. The molecule has 2 N–H and O–H groups in total. The predicted octanol–water partition coefficient (Wildman–Crippen LogP) is 3.38. The predicted molar refractivity (Wildman–Crippen MR) is 95.9 cm³/mol. The number of benzene rings is 1. The zero-order chi connectivity index (χ0) is 18.6. The van der Waals surface area contributed by atoms with Gasteiger partial charge >= 0.3 is 5.97 Å². The molecule has 126 valence electrons. The number of hydrogen-bond acceptors (Lipinski definition) is 7. The fourth-order valence-corrected chi connectivity index (χ4v) is 3.33. The van der Waals surface area contributed by atoms with Crippen LogP contribution < -0.4 is 5.73 Å². The van der Waals surface area contributed by atoms with Crippen LogP contribution in [0.2, 0.25) is 5.02 Å². The first-order valence-corrected chi connectivity index (χ1v) is 8.32. The molecule has 0 bridgehead atoms. The van der Waals surface area contributed by atoms with Crippen molar-refractivity contribution < 1.29 is 9.53 Å². The van der Waals surface area contributed by atoms with Crippen molar-refractivity contribution in [3.63, 3.8) is 0 Å². The zero-order valence-corrected chi connectivity index (χ0v) is 15.0. The Kier molecular flexibility index (Phi) is 5.87. The Morgan fingerprint density at radius 1 is 1.36 bits per heavy atom. The van der Waals surface area contributed by atoms with Gasteiger partial charge in [0.25, 0.3) is 0 Å². The highest BCUT2D eigenvalue weighted by molar-refractivity contribution is 8.00. The third kappa shape index (κ3) is 3.85. The maximum absolute atomic E-state index is 11.7. The molecule has 0 fully saturated rings. The van der Waals surface area contributed by atoms with Crippen LogP contribution in [0.1, 0.15) is 18.1 Å². The van der Waals surface area contributed by atoms with Crippen molar-refractivity contribution in [3.8, 4) is 23.3 Å². The normalized spacial score (nSPS) is 11.2. The number of thioether (sulfide) groups is 1. The molecule has 0 spiro atoms. The number of nitriles is 2. The molecule has 0 aliphatic rings. The number of nitrogens with zero attached hydrogens (tertiary/aromatic N) is 3. The van der Waals surface area contributed by atoms with E-state index in [0.29, 0.717) is 16.1 Å². The molecule has 8 heteroatoms. The van der Waals surface area contributed by atoms with E-state index in [2.05, 4.69) is 11.1 Å². The van der Waals surface area contributed by atoms with Crippen molar-refractivity contribution >= 4 is 35.1 Å². The molecular weight excluding hydrogens is 360 g/mol. The number of aromatic nitrogens is 1. The number of ether oxygens (including phenoxy) is 1. The summed E-state index contributed by atoms with van der Waals surface area (Å²) in [5.41, 5.74) is 7.08. The zero-order valence-electron chi connectivity index (χ0n) is 13.4. The molecule has 1 aromatic carbocycles. The molecular formula is C17H13ClN4O2S. The minimum atomic E-state index is -0.593. The third-order valence-corrected chi connectivity index (χ3v) is 4.65. The number of nitrogens with two attached hydrogens (primary N) is 1. The summed E-state index contributed by atoms with van der Waals surface area (Å²) in [7, 11) is 1.28. The van der Waals surface area contributed by atoms with Gasteiger partial charge in [-0.1, -0.05) is 35.5 Å². The van der Waals surface area contributed by atoms with Crippen LogP contribution in [-0.4, -0.2) is 23.3 Å². The van der Waals surface area contributed by atoms with E-state index in [0.717, 1.165) is 11.8 Å². The lowest BCUT2D eigenvalue weighted by Crippen LogP contribution is -2.15. The van der Waals surface area contributed by atoms with Crippen molar-refractivity contribution in [3.05, 3.63) is 40.4 Å². The molecule has 0 radical (unpaired) electrons. The molecule has 6 nitrogen and oxygen atoms in total. The average molecular weight is 373 g/mol. The number of anilines is 1. The molecule has 25 heavy (non-hydrogen) atoms. The molecule has 0 aliphatic heterocycles. The van der Waals surface area contributed by atoms with Gasteiger partial charge in [0.2, 0.25) is 0 Å². The number of nitrogen functional groups attached to an aromatic ring is 1. The summed E-state index contributed by atoms with van der Waals surface area (Å²) in [6, 6.07) is 10.8. The van der Waals surface area contributed by atoms with Crippen LogP contribution in [0.3, 0.4) is 0 Å². The Bertz CT molecular complexity index is 918. The molecule has 1 heterocycles. The van der Waals surface area contributed by atoms with E-state index in [1.807, 2.05) is 6.07 Å². The van der Waals surface area contributed by atoms with E-state index >= 15 is 0 Å². The van der Waals surface area contributed by atoms with Crippen molar-refractivity contribution in [2.75, 3.05) is 12.8 Å². The number of esters is 1. The van der Waals surface area contributed by atoms with Gasteiger partial charge < -0.3 is 10.5 Å². The Labute approximate surface area is 154 Å². The van der Waals surface area contributed by atoms with Gasteiger partial charge in [-0.25, -0.2) is 4.98 Å².